The Balaban J connectivity index is 1.44. The highest BCUT2D eigenvalue weighted by atomic mass is 16.5. The van der Waals surface area contributed by atoms with Gasteiger partial charge in [-0.1, -0.05) is 18.2 Å². The highest BCUT2D eigenvalue weighted by molar-refractivity contribution is 5.84. The maximum absolute atomic E-state index is 12.7. The summed E-state index contributed by atoms with van der Waals surface area (Å²) in [5.41, 5.74) is -0.360. The highest BCUT2D eigenvalue weighted by Gasteiger charge is 2.48. The summed E-state index contributed by atoms with van der Waals surface area (Å²) < 4.78 is 11.2. The Kier molecular flexibility index (Phi) is 6.37. The van der Waals surface area contributed by atoms with Gasteiger partial charge in [0.05, 0.1) is 18.1 Å². The lowest BCUT2D eigenvalue weighted by atomic mass is 9.71. The van der Waals surface area contributed by atoms with Gasteiger partial charge in [-0.15, -0.1) is 0 Å². The van der Waals surface area contributed by atoms with Crippen LogP contribution in [0.2, 0.25) is 0 Å². The second-order valence-corrected chi connectivity index (χ2v) is 7.67. The van der Waals surface area contributed by atoms with E-state index < -0.39 is 0 Å². The molecule has 6 nitrogen and oxygen atoms in total. The Morgan fingerprint density at radius 2 is 1.93 bits per heavy atom. The molecule has 148 valence electrons. The molecule has 2 aliphatic heterocycles. The number of rotatable bonds is 6. The minimum Gasteiger partial charge on any atom is -0.494 e. The minimum atomic E-state index is -0.360. The van der Waals surface area contributed by atoms with Gasteiger partial charge in [-0.3, -0.25) is 9.59 Å². The van der Waals surface area contributed by atoms with Gasteiger partial charge in [-0.2, -0.15) is 0 Å². The lowest BCUT2D eigenvalue weighted by molar-refractivity contribution is -0.158. The van der Waals surface area contributed by atoms with E-state index in [1.165, 1.54) is 0 Å². The highest BCUT2D eigenvalue weighted by Crippen LogP contribution is 2.41. The third-order valence-electron chi connectivity index (χ3n) is 5.85. The Morgan fingerprint density at radius 3 is 2.59 bits per heavy atom. The van der Waals surface area contributed by atoms with E-state index >= 15 is 0 Å². The van der Waals surface area contributed by atoms with Gasteiger partial charge in [-0.25, -0.2) is 0 Å². The van der Waals surface area contributed by atoms with Crippen LogP contribution in [0.3, 0.4) is 0 Å². The molecule has 1 atom stereocenters. The monoisotopic (exact) mass is 374 g/mol. The number of benzene rings is 1. The van der Waals surface area contributed by atoms with E-state index in [4.69, 9.17) is 9.47 Å². The van der Waals surface area contributed by atoms with Crippen molar-refractivity contribution in [3.05, 3.63) is 30.3 Å². The molecule has 2 heterocycles. The average molecular weight is 374 g/mol. The van der Waals surface area contributed by atoms with Gasteiger partial charge in [0.2, 0.25) is 11.8 Å². The summed E-state index contributed by atoms with van der Waals surface area (Å²) in [4.78, 5) is 28.9. The molecule has 1 spiro atoms. The van der Waals surface area contributed by atoms with E-state index in [-0.39, 0.29) is 23.3 Å². The van der Waals surface area contributed by atoms with Crippen molar-refractivity contribution in [2.75, 3.05) is 40.4 Å². The van der Waals surface area contributed by atoms with Crippen LogP contribution < -0.4 is 4.74 Å². The maximum atomic E-state index is 12.7. The van der Waals surface area contributed by atoms with Gasteiger partial charge in [0, 0.05) is 40.2 Å². The predicted octanol–water partition coefficient (Wildman–Crippen LogP) is 2.33. The lowest BCUT2D eigenvalue weighted by Gasteiger charge is -2.47. The number of ether oxygens (including phenoxy) is 2. The number of likely N-dealkylation sites (N-methyl/N-ethyl adjacent to an activating group) is 1. The van der Waals surface area contributed by atoms with Crippen molar-refractivity contribution in [2.45, 2.75) is 38.2 Å². The molecule has 1 aromatic carbocycles. The van der Waals surface area contributed by atoms with Crippen LogP contribution in [0.15, 0.2) is 30.3 Å². The van der Waals surface area contributed by atoms with E-state index in [1.54, 1.807) is 12.0 Å². The van der Waals surface area contributed by atoms with Crippen LogP contribution in [0.4, 0.5) is 0 Å². The number of methoxy groups -OCH3 is 1. The zero-order valence-corrected chi connectivity index (χ0v) is 16.4. The molecule has 1 aromatic rings. The fourth-order valence-electron chi connectivity index (χ4n) is 4.23. The summed E-state index contributed by atoms with van der Waals surface area (Å²) >= 11 is 0. The number of likely N-dealkylation sites (tertiary alicyclic amines) is 2. The molecule has 0 radical (unpaired) electrons. The largest absolute Gasteiger partial charge is 0.494 e. The van der Waals surface area contributed by atoms with Crippen LogP contribution in [-0.4, -0.2) is 68.1 Å². The van der Waals surface area contributed by atoms with Crippen LogP contribution in [-0.2, 0) is 14.3 Å². The zero-order chi connectivity index (χ0) is 19.3. The van der Waals surface area contributed by atoms with Gasteiger partial charge in [0.25, 0.3) is 0 Å². The first-order valence-electron chi connectivity index (χ1n) is 9.78. The average Bonchev–Trinajstić information content (AvgIpc) is 2.70. The van der Waals surface area contributed by atoms with E-state index in [9.17, 15) is 9.59 Å². The molecule has 0 aromatic heterocycles. The second-order valence-electron chi connectivity index (χ2n) is 7.67. The molecule has 0 bridgehead atoms. The fourth-order valence-corrected chi connectivity index (χ4v) is 4.23. The van der Waals surface area contributed by atoms with Gasteiger partial charge in [0.1, 0.15) is 5.75 Å². The standard InChI is InChI=1S/C21H30N2O4/c1-22-16-18(26-2)15-21(20(22)25)10-12-23(13-11-21)19(24)9-6-14-27-17-7-4-3-5-8-17/h3-5,7-8,18H,6,9-16H2,1-2H3. The van der Waals surface area contributed by atoms with Crippen molar-refractivity contribution in [3.63, 3.8) is 0 Å². The van der Waals surface area contributed by atoms with Gasteiger partial charge < -0.3 is 19.3 Å². The smallest absolute Gasteiger partial charge is 0.228 e. The lowest BCUT2D eigenvalue weighted by Crippen LogP contribution is -2.57. The SMILES string of the molecule is COC1CN(C)C(=O)C2(CCN(C(=O)CCCOc3ccccc3)CC2)C1. The summed E-state index contributed by atoms with van der Waals surface area (Å²) in [6, 6.07) is 9.64. The van der Waals surface area contributed by atoms with Crippen LogP contribution in [0, 0.1) is 5.41 Å². The number of para-hydroxylation sites is 1. The van der Waals surface area contributed by atoms with Crippen molar-refractivity contribution >= 4 is 11.8 Å². The zero-order valence-electron chi connectivity index (χ0n) is 16.4. The molecule has 2 fully saturated rings. The fraction of sp³-hybridized carbons (Fsp3) is 0.619. The Hall–Kier alpha value is -2.08. The molecule has 6 heteroatoms. The summed E-state index contributed by atoms with van der Waals surface area (Å²) in [5, 5.41) is 0. The number of amides is 2. The second kappa shape index (κ2) is 8.74. The molecule has 2 saturated heterocycles. The molecular weight excluding hydrogens is 344 g/mol. The number of carbonyl (C=O) groups is 2. The molecule has 2 amide bonds. The van der Waals surface area contributed by atoms with Crippen molar-refractivity contribution in [1.82, 2.24) is 9.80 Å². The number of carbonyl (C=O) groups excluding carboxylic acids is 2. The molecule has 27 heavy (non-hydrogen) atoms. The van der Waals surface area contributed by atoms with Crippen molar-refractivity contribution in [3.8, 4) is 5.75 Å². The number of hydrogen-bond donors (Lipinski definition) is 0. The molecule has 0 N–H and O–H groups in total. The number of piperidine rings is 2. The molecule has 1 unspecified atom stereocenters. The van der Waals surface area contributed by atoms with Crippen molar-refractivity contribution in [1.29, 1.82) is 0 Å². The van der Waals surface area contributed by atoms with Gasteiger partial charge in [-0.05, 0) is 37.8 Å². The van der Waals surface area contributed by atoms with Crippen molar-refractivity contribution < 1.29 is 19.1 Å². The van der Waals surface area contributed by atoms with Crippen molar-refractivity contribution in [2.24, 2.45) is 5.41 Å². The Bertz CT molecular complexity index is 641. The molecule has 0 saturated carbocycles. The first kappa shape index (κ1) is 19.7. The van der Waals surface area contributed by atoms with E-state index in [2.05, 4.69) is 0 Å². The third kappa shape index (κ3) is 4.61. The molecule has 2 aliphatic rings. The summed E-state index contributed by atoms with van der Waals surface area (Å²) in [6.45, 7) is 2.48. The Morgan fingerprint density at radius 1 is 1.22 bits per heavy atom. The Labute approximate surface area is 161 Å². The van der Waals surface area contributed by atoms with Crippen LogP contribution in [0.25, 0.3) is 0 Å². The van der Waals surface area contributed by atoms with E-state index in [0.717, 1.165) is 25.0 Å². The minimum absolute atomic E-state index is 0.0880. The summed E-state index contributed by atoms with van der Waals surface area (Å²) in [5.74, 6) is 1.19. The van der Waals surface area contributed by atoms with Crippen LogP contribution in [0.1, 0.15) is 32.1 Å². The number of nitrogens with zero attached hydrogens (tertiary/aromatic N) is 2. The summed E-state index contributed by atoms with van der Waals surface area (Å²) in [7, 11) is 3.55. The maximum Gasteiger partial charge on any atom is 0.228 e. The molecule has 3 rings (SSSR count). The van der Waals surface area contributed by atoms with Gasteiger partial charge >= 0.3 is 0 Å². The van der Waals surface area contributed by atoms with E-state index in [0.29, 0.717) is 39.1 Å². The normalized spacial score (nSPS) is 22.1. The quantitative estimate of drug-likeness (QED) is 0.717. The molecular formula is C21H30N2O4. The predicted molar refractivity (Wildman–Crippen MR) is 102 cm³/mol. The van der Waals surface area contributed by atoms with E-state index in [1.807, 2.05) is 42.3 Å². The number of hydrogen-bond acceptors (Lipinski definition) is 4. The van der Waals surface area contributed by atoms with Gasteiger partial charge in [0.15, 0.2) is 0 Å². The van der Waals surface area contributed by atoms with Crippen LogP contribution in [0.5, 0.6) is 5.75 Å². The molecule has 0 aliphatic carbocycles. The topological polar surface area (TPSA) is 59.1 Å². The summed E-state index contributed by atoms with van der Waals surface area (Å²) in [6.07, 6.45) is 3.48. The third-order valence-corrected chi connectivity index (χ3v) is 5.85. The van der Waals surface area contributed by atoms with Crippen LogP contribution >= 0.6 is 0 Å². The first-order valence-corrected chi connectivity index (χ1v) is 9.78. The first-order chi connectivity index (χ1) is 13.0.